The summed E-state index contributed by atoms with van der Waals surface area (Å²) in [5, 5.41) is 0. The van der Waals surface area contributed by atoms with Gasteiger partial charge in [0.15, 0.2) is 0 Å². The van der Waals surface area contributed by atoms with E-state index in [4.69, 9.17) is 0 Å². The Bertz CT molecular complexity index is 449. The maximum absolute atomic E-state index is 11.7. The van der Waals surface area contributed by atoms with Crippen molar-refractivity contribution >= 4 is 50.0 Å². The van der Waals surface area contributed by atoms with Crippen LogP contribution in [0.2, 0.25) is 0 Å². The molecule has 0 saturated carbocycles. The molecular weight excluding hydrogens is 393 g/mol. The van der Waals surface area contributed by atoms with Crippen molar-refractivity contribution in [3.8, 4) is 0 Å². The third-order valence-corrected chi connectivity index (χ3v) is 5.88. The molecule has 1 aliphatic heterocycles. The van der Waals surface area contributed by atoms with E-state index in [-0.39, 0.29) is 12.0 Å². The van der Waals surface area contributed by atoms with E-state index in [1.54, 1.807) is 0 Å². The summed E-state index contributed by atoms with van der Waals surface area (Å²) >= 11 is 5.83. The van der Waals surface area contributed by atoms with E-state index in [9.17, 15) is 4.79 Å². The van der Waals surface area contributed by atoms with Crippen LogP contribution < -0.4 is 4.90 Å². The zero-order chi connectivity index (χ0) is 12.6. The average molecular weight is 408 g/mol. The van der Waals surface area contributed by atoms with E-state index in [1.807, 2.05) is 6.92 Å². The molecule has 0 N–H and O–H groups in total. The van der Waals surface area contributed by atoms with Gasteiger partial charge in [0.05, 0.1) is 0 Å². The number of Topliss-reactive ketones (excluding diaryl/α,β-unsaturated/α-hetero) is 1. The van der Waals surface area contributed by atoms with E-state index in [1.165, 1.54) is 9.26 Å². The summed E-state index contributed by atoms with van der Waals surface area (Å²) in [4.78, 5) is 14.0. The van der Waals surface area contributed by atoms with Crippen molar-refractivity contribution in [3.63, 3.8) is 0 Å². The van der Waals surface area contributed by atoms with Gasteiger partial charge in [-0.2, -0.15) is 0 Å². The number of anilines is 1. The Morgan fingerprint density at radius 2 is 2.12 bits per heavy atom. The summed E-state index contributed by atoms with van der Waals surface area (Å²) in [7, 11) is 0. The standard InChI is InChI=1S/C13H15BrINO/c1-8-9(2)16(6-5-13(8)17)10-3-4-11(14)12(15)7-10/h3-4,7-9H,5-6H2,1-2H3. The van der Waals surface area contributed by atoms with E-state index < -0.39 is 0 Å². The topological polar surface area (TPSA) is 20.3 Å². The van der Waals surface area contributed by atoms with E-state index in [2.05, 4.69) is 68.5 Å². The first-order valence-electron chi connectivity index (χ1n) is 5.75. The Kier molecular flexibility index (Phi) is 4.13. The van der Waals surface area contributed by atoms with Gasteiger partial charge in [-0.1, -0.05) is 6.92 Å². The maximum Gasteiger partial charge on any atom is 0.139 e. The number of piperidine rings is 1. The minimum absolute atomic E-state index is 0.130. The molecule has 0 bridgehead atoms. The largest absolute Gasteiger partial charge is 0.368 e. The Hall–Kier alpha value is -0.100. The predicted molar refractivity (Wildman–Crippen MR) is 82.5 cm³/mol. The molecule has 2 nitrogen and oxygen atoms in total. The van der Waals surface area contributed by atoms with Gasteiger partial charge in [0.1, 0.15) is 5.78 Å². The molecule has 17 heavy (non-hydrogen) atoms. The van der Waals surface area contributed by atoms with Crippen molar-refractivity contribution < 1.29 is 4.79 Å². The summed E-state index contributed by atoms with van der Waals surface area (Å²) in [6.45, 7) is 5.00. The normalized spacial score (nSPS) is 25.2. The van der Waals surface area contributed by atoms with Crippen molar-refractivity contribution in [2.75, 3.05) is 11.4 Å². The molecule has 92 valence electrons. The van der Waals surface area contributed by atoms with Crippen LogP contribution in [0.5, 0.6) is 0 Å². The first-order valence-corrected chi connectivity index (χ1v) is 7.62. The van der Waals surface area contributed by atoms with Gasteiger partial charge in [-0.25, -0.2) is 0 Å². The highest BCUT2D eigenvalue weighted by Gasteiger charge is 2.30. The first kappa shape index (κ1) is 13.3. The number of carbonyl (C=O) groups is 1. The summed E-state index contributed by atoms with van der Waals surface area (Å²) in [5.74, 6) is 0.519. The lowest BCUT2D eigenvalue weighted by atomic mass is 9.90. The Morgan fingerprint density at radius 1 is 1.41 bits per heavy atom. The molecule has 1 fully saturated rings. The molecule has 4 heteroatoms. The molecular formula is C13H15BrINO. The molecule has 1 aromatic carbocycles. The molecule has 1 aromatic rings. The van der Waals surface area contributed by atoms with Crippen LogP contribution in [-0.4, -0.2) is 18.4 Å². The average Bonchev–Trinajstić information content (AvgIpc) is 2.30. The minimum atomic E-state index is 0.130. The maximum atomic E-state index is 11.7. The summed E-state index contributed by atoms with van der Waals surface area (Å²) in [6.07, 6.45) is 0.665. The van der Waals surface area contributed by atoms with Crippen molar-refractivity contribution in [3.05, 3.63) is 26.2 Å². The quantitative estimate of drug-likeness (QED) is 0.659. The van der Waals surface area contributed by atoms with Gasteiger partial charge >= 0.3 is 0 Å². The van der Waals surface area contributed by atoms with E-state index >= 15 is 0 Å². The number of benzene rings is 1. The third-order valence-electron chi connectivity index (χ3n) is 3.56. The van der Waals surface area contributed by atoms with Crippen LogP contribution in [0.25, 0.3) is 0 Å². The molecule has 1 saturated heterocycles. The highest BCUT2D eigenvalue weighted by atomic mass is 127. The van der Waals surface area contributed by atoms with Gasteiger partial charge < -0.3 is 4.90 Å². The molecule has 2 rings (SSSR count). The number of halogens is 2. The molecule has 2 unspecified atom stereocenters. The smallest absolute Gasteiger partial charge is 0.139 e. The lowest BCUT2D eigenvalue weighted by Crippen LogP contribution is -2.47. The lowest BCUT2D eigenvalue weighted by Gasteiger charge is -2.38. The number of carbonyl (C=O) groups excluding carboxylic acids is 1. The molecule has 2 atom stereocenters. The van der Waals surface area contributed by atoms with Crippen LogP contribution in [0.15, 0.2) is 22.7 Å². The van der Waals surface area contributed by atoms with Crippen LogP contribution in [-0.2, 0) is 4.79 Å². The van der Waals surface area contributed by atoms with Crippen molar-refractivity contribution in [2.24, 2.45) is 5.92 Å². The third kappa shape index (κ3) is 2.67. The zero-order valence-corrected chi connectivity index (χ0v) is 13.7. The van der Waals surface area contributed by atoms with Crippen molar-refractivity contribution in [1.82, 2.24) is 0 Å². The zero-order valence-electron chi connectivity index (χ0n) is 9.91. The van der Waals surface area contributed by atoms with Crippen molar-refractivity contribution in [1.29, 1.82) is 0 Å². The van der Waals surface area contributed by atoms with Gasteiger partial charge in [0, 0.05) is 38.7 Å². The van der Waals surface area contributed by atoms with Crippen LogP contribution in [0.1, 0.15) is 20.3 Å². The molecule has 0 amide bonds. The van der Waals surface area contributed by atoms with Crippen LogP contribution in [0, 0.1) is 9.49 Å². The SMILES string of the molecule is CC1C(=O)CCN(c2ccc(Br)c(I)c2)C1C. The number of nitrogens with zero attached hydrogens (tertiary/aromatic N) is 1. The van der Waals surface area contributed by atoms with Gasteiger partial charge in [0.25, 0.3) is 0 Å². The lowest BCUT2D eigenvalue weighted by molar-refractivity contribution is -0.123. The number of hydrogen-bond donors (Lipinski definition) is 0. The number of ketones is 1. The van der Waals surface area contributed by atoms with E-state index in [0.717, 1.165) is 11.0 Å². The first-order chi connectivity index (χ1) is 8.00. The molecule has 0 spiro atoms. The Labute approximate surface area is 124 Å². The Balaban J connectivity index is 2.27. The fourth-order valence-electron chi connectivity index (χ4n) is 2.23. The number of hydrogen-bond acceptors (Lipinski definition) is 2. The summed E-state index contributed by atoms with van der Waals surface area (Å²) in [6, 6.07) is 6.65. The second kappa shape index (κ2) is 5.26. The molecule has 0 aromatic heterocycles. The molecule has 0 aliphatic carbocycles. The fraction of sp³-hybridized carbons (Fsp3) is 0.462. The molecule has 0 radical (unpaired) electrons. The second-order valence-corrected chi connectivity index (χ2v) is 6.55. The van der Waals surface area contributed by atoms with Crippen molar-refractivity contribution in [2.45, 2.75) is 26.3 Å². The van der Waals surface area contributed by atoms with Gasteiger partial charge in [0.2, 0.25) is 0 Å². The van der Waals surface area contributed by atoms with Crippen LogP contribution >= 0.6 is 38.5 Å². The predicted octanol–water partition coefficient (Wildman–Crippen LogP) is 3.86. The van der Waals surface area contributed by atoms with Crippen LogP contribution in [0.3, 0.4) is 0 Å². The van der Waals surface area contributed by atoms with Crippen LogP contribution in [0.4, 0.5) is 5.69 Å². The summed E-state index contributed by atoms with van der Waals surface area (Å²) < 4.78 is 2.33. The second-order valence-electron chi connectivity index (χ2n) is 4.54. The van der Waals surface area contributed by atoms with Gasteiger partial charge in [-0.05, 0) is 63.6 Å². The minimum Gasteiger partial charge on any atom is -0.368 e. The van der Waals surface area contributed by atoms with E-state index in [0.29, 0.717) is 12.2 Å². The summed E-state index contributed by atoms with van der Waals surface area (Å²) in [5.41, 5.74) is 1.21. The van der Waals surface area contributed by atoms with Gasteiger partial charge in [-0.15, -0.1) is 0 Å². The highest BCUT2D eigenvalue weighted by molar-refractivity contribution is 14.1. The van der Waals surface area contributed by atoms with Gasteiger partial charge in [-0.3, -0.25) is 4.79 Å². The highest BCUT2D eigenvalue weighted by Crippen LogP contribution is 2.30. The molecule has 1 heterocycles. The number of rotatable bonds is 1. The fourth-order valence-corrected chi connectivity index (χ4v) is 2.97. The Morgan fingerprint density at radius 3 is 2.76 bits per heavy atom. The monoisotopic (exact) mass is 407 g/mol. The molecule has 1 aliphatic rings.